The lowest BCUT2D eigenvalue weighted by Gasteiger charge is -2.22. The number of hydrogen-bond acceptors (Lipinski definition) is 4. The highest BCUT2D eigenvalue weighted by Gasteiger charge is 2.15. The van der Waals surface area contributed by atoms with Crippen LogP contribution < -0.4 is 16.2 Å². The summed E-state index contributed by atoms with van der Waals surface area (Å²) in [5.74, 6) is 0.0569. The van der Waals surface area contributed by atoms with Gasteiger partial charge in [-0.1, -0.05) is 13.8 Å². The molecule has 0 spiro atoms. The van der Waals surface area contributed by atoms with Crippen LogP contribution in [0.2, 0.25) is 0 Å². The first-order chi connectivity index (χ1) is 7.50. The van der Waals surface area contributed by atoms with Gasteiger partial charge in [0.05, 0.1) is 6.54 Å². The number of aromatic amines is 1. The van der Waals surface area contributed by atoms with Crippen molar-refractivity contribution in [3.63, 3.8) is 0 Å². The van der Waals surface area contributed by atoms with E-state index in [1.807, 2.05) is 13.8 Å². The number of nitrogens with two attached hydrogens (primary N) is 1. The van der Waals surface area contributed by atoms with Crippen LogP contribution in [0.5, 0.6) is 0 Å². The van der Waals surface area contributed by atoms with E-state index in [2.05, 4.69) is 9.97 Å². The molecule has 1 heterocycles. The maximum absolute atomic E-state index is 11.5. The summed E-state index contributed by atoms with van der Waals surface area (Å²) in [6, 6.07) is 0. The fourth-order valence-corrected chi connectivity index (χ4v) is 1.42. The molecular formula is C10H16N4O2. The van der Waals surface area contributed by atoms with Crippen LogP contribution in [0, 0.1) is 5.92 Å². The summed E-state index contributed by atoms with van der Waals surface area (Å²) in [6.07, 6.45) is 2.93. The molecule has 0 saturated heterocycles. The quantitative estimate of drug-likeness (QED) is 0.719. The third-order valence-electron chi connectivity index (χ3n) is 1.92. The van der Waals surface area contributed by atoms with E-state index in [0.717, 1.165) is 0 Å². The third-order valence-corrected chi connectivity index (χ3v) is 1.92. The molecule has 0 saturated carbocycles. The molecule has 1 rings (SSSR count). The molecule has 6 nitrogen and oxygen atoms in total. The molecule has 3 N–H and O–H groups in total. The summed E-state index contributed by atoms with van der Waals surface area (Å²) in [4.78, 5) is 30.5. The van der Waals surface area contributed by atoms with Crippen molar-refractivity contribution in [3.8, 4) is 0 Å². The fourth-order valence-electron chi connectivity index (χ4n) is 1.42. The third kappa shape index (κ3) is 3.38. The van der Waals surface area contributed by atoms with Crippen molar-refractivity contribution >= 4 is 11.7 Å². The molecule has 1 aromatic heterocycles. The first kappa shape index (κ1) is 12.2. The van der Waals surface area contributed by atoms with E-state index >= 15 is 0 Å². The maximum atomic E-state index is 11.5. The molecule has 1 aromatic rings. The topological polar surface area (TPSA) is 92.1 Å². The van der Waals surface area contributed by atoms with E-state index in [1.54, 1.807) is 4.90 Å². The lowest BCUT2D eigenvalue weighted by Crippen LogP contribution is -2.39. The lowest BCUT2D eigenvalue weighted by atomic mass is 10.2. The zero-order valence-electron chi connectivity index (χ0n) is 9.43. The Kier molecular flexibility index (Phi) is 4.04. The fraction of sp³-hybridized carbons (Fsp3) is 0.500. The molecule has 0 fully saturated rings. The molecule has 88 valence electrons. The number of rotatable bonds is 5. The second-order valence-electron chi connectivity index (χ2n) is 3.98. The van der Waals surface area contributed by atoms with Crippen molar-refractivity contribution in [2.45, 2.75) is 13.8 Å². The number of carbonyl (C=O) groups is 1. The van der Waals surface area contributed by atoms with Gasteiger partial charge >= 0.3 is 0 Å². The Labute approximate surface area is 93.5 Å². The Balaban J connectivity index is 2.96. The summed E-state index contributed by atoms with van der Waals surface area (Å²) in [7, 11) is 0. The lowest BCUT2D eigenvalue weighted by molar-refractivity contribution is -0.116. The summed E-state index contributed by atoms with van der Waals surface area (Å²) in [5, 5.41) is 0. The van der Waals surface area contributed by atoms with Crippen molar-refractivity contribution < 1.29 is 4.79 Å². The van der Waals surface area contributed by atoms with Crippen LogP contribution in [0.15, 0.2) is 17.2 Å². The van der Waals surface area contributed by atoms with Gasteiger partial charge in [0.25, 0.3) is 5.56 Å². The van der Waals surface area contributed by atoms with Crippen LogP contribution in [-0.4, -0.2) is 29.0 Å². The molecule has 0 aliphatic heterocycles. The van der Waals surface area contributed by atoms with E-state index in [4.69, 9.17) is 5.73 Å². The minimum absolute atomic E-state index is 0.00171. The van der Waals surface area contributed by atoms with Gasteiger partial charge in [0.2, 0.25) is 5.91 Å². The van der Waals surface area contributed by atoms with Gasteiger partial charge in [-0.3, -0.25) is 9.59 Å². The monoisotopic (exact) mass is 224 g/mol. The number of primary amides is 1. The number of nitrogens with zero attached hydrogens (tertiary/aromatic N) is 2. The van der Waals surface area contributed by atoms with Crippen LogP contribution >= 0.6 is 0 Å². The standard InChI is InChI=1S/C10H16N4O2/c1-7(2)5-14(6-8(11)15)9-10(16)13-4-3-12-9/h3-4,7H,5-6H2,1-2H3,(H2,11,15)(H,13,16). The van der Waals surface area contributed by atoms with Crippen molar-refractivity contribution in [1.82, 2.24) is 9.97 Å². The molecule has 0 unspecified atom stereocenters. The largest absolute Gasteiger partial charge is 0.368 e. The molecular weight excluding hydrogens is 208 g/mol. The van der Waals surface area contributed by atoms with E-state index in [1.165, 1.54) is 12.4 Å². The molecule has 0 aliphatic rings. The first-order valence-electron chi connectivity index (χ1n) is 5.07. The summed E-state index contributed by atoms with van der Waals surface area (Å²) in [5.41, 5.74) is 4.82. The number of amides is 1. The first-order valence-corrected chi connectivity index (χ1v) is 5.07. The second kappa shape index (κ2) is 5.29. The van der Waals surface area contributed by atoms with Crippen molar-refractivity contribution in [2.75, 3.05) is 18.0 Å². The average molecular weight is 224 g/mol. The highest BCUT2D eigenvalue weighted by atomic mass is 16.1. The molecule has 16 heavy (non-hydrogen) atoms. The second-order valence-corrected chi connectivity index (χ2v) is 3.98. The van der Waals surface area contributed by atoms with Crippen molar-refractivity contribution in [3.05, 3.63) is 22.7 Å². The highest BCUT2D eigenvalue weighted by Crippen LogP contribution is 2.05. The van der Waals surface area contributed by atoms with Crippen LogP contribution in [-0.2, 0) is 4.79 Å². The van der Waals surface area contributed by atoms with Gasteiger partial charge in [-0.25, -0.2) is 4.98 Å². The van der Waals surface area contributed by atoms with Gasteiger partial charge < -0.3 is 15.6 Å². The Morgan fingerprint density at radius 3 is 2.81 bits per heavy atom. The van der Waals surface area contributed by atoms with Crippen LogP contribution in [0.3, 0.4) is 0 Å². The normalized spacial score (nSPS) is 10.4. The zero-order chi connectivity index (χ0) is 12.1. The zero-order valence-corrected chi connectivity index (χ0v) is 9.43. The van der Waals surface area contributed by atoms with E-state index in [0.29, 0.717) is 12.5 Å². The molecule has 1 amide bonds. The van der Waals surface area contributed by atoms with Gasteiger partial charge in [0.1, 0.15) is 0 Å². The van der Waals surface area contributed by atoms with Crippen LogP contribution in [0.1, 0.15) is 13.8 Å². The number of aromatic nitrogens is 2. The minimum atomic E-state index is -0.481. The number of anilines is 1. The van der Waals surface area contributed by atoms with Gasteiger partial charge in [0, 0.05) is 18.9 Å². The molecule has 0 atom stereocenters. The number of nitrogens with one attached hydrogen (secondary N) is 1. The predicted octanol–water partition coefficient (Wildman–Crippen LogP) is -0.282. The average Bonchev–Trinajstić information content (AvgIpc) is 2.15. The van der Waals surface area contributed by atoms with Gasteiger partial charge in [-0.15, -0.1) is 0 Å². The Hall–Kier alpha value is -1.85. The Bertz CT molecular complexity index is 413. The van der Waals surface area contributed by atoms with Crippen LogP contribution in [0.25, 0.3) is 0 Å². The Morgan fingerprint density at radius 2 is 2.31 bits per heavy atom. The summed E-state index contributed by atoms with van der Waals surface area (Å²) >= 11 is 0. The smallest absolute Gasteiger partial charge is 0.290 e. The Morgan fingerprint density at radius 1 is 1.62 bits per heavy atom. The van der Waals surface area contributed by atoms with Crippen molar-refractivity contribution in [2.24, 2.45) is 11.7 Å². The minimum Gasteiger partial charge on any atom is -0.368 e. The molecule has 0 aromatic carbocycles. The molecule has 0 aliphatic carbocycles. The maximum Gasteiger partial charge on any atom is 0.290 e. The van der Waals surface area contributed by atoms with Crippen LogP contribution in [0.4, 0.5) is 5.82 Å². The molecule has 6 heteroatoms. The van der Waals surface area contributed by atoms with E-state index in [9.17, 15) is 9.59 Å². The number of hydrogen-bond donors (Lipinski definition) is 2. The van der Waals surface area contributed by atoms with Gasteiger partial charge in [0.15, 0.2) is 5.82 Å². The highest BCUT2D eigenvalue weighted by molar-refractivity contribution is 5.79. The van der Waals surface area contributed by atoms with Gasteiger partial charge in [-0.05, 0) is 5.92 Å². The van der Waals surface area contributed by atoms with Crippen molar-refractivity contribution in [1.29, 1.82) is 0 Å². The number of carbonyl (C=O) groups excluding carboxylic acids is 1. The molecule has 0 radical (unpaired) electrons. The van der Waals surface area contributed by atoms with E-state index < -0.39 is 5.91 Å². The van der Waals surface area contributed by atoms with E-state index in [-0.39, 0.29) is 17.9 Å². The van der Waals surface area contributed by atoms with Gasteiger partial charge in [-0.2, -0.15) is 0 Å². The SMILES string of the molecule is CC(C)CN(CC(N)=O)c1ncc[nH]c1=O. The molecule has 0 bridgehead atoms. The number of H-pyrrole nitrogens is 1. The summed E-state index contributed by atoms with van der Waals surface area (Å²) in [6.45, 7) is 4.54. The predicted molar refractivity (Wildman–Crippen MR) is 61.1 cm³/mol. The summed E-state index contributed by atoms with van der Waals surface area (Å²) < 4.78 is 0.